The smallest absolute Gasteiger partial charge is 0.248 e. The number of methoxy groups -OCH3 is 1. The number of morpholine rings is 1. The molecule has 2 unspecified atom stereocenters. The molecule has 5 nitrogen and oxygen atoms in total. The second-order valence-corrected chi connectivity index (χ2v) is 7.30. The second-order valence-electron chi connectivity index (χ2n) is 7.30. The summed E-state index contributed by atoms with van der Waals surface area (Å²) in [6.45, 7) is 3.90. The molecule has 1 saturated carbocycles. The Kier molecular flexibility index (Phi) is 4.46. The van der Waals surface area contributed by atoms with Crippen LogP contribution in [0.1, 0.15) is 24.8 Å². The van der Waals surface area contributed by atoms with Crippen molar-refractivity contribution in [3.05, 3.63) is 29.8 Å². The zero-order valence-electron chi connectivity index (χ0n) is 14.3. The third kappa shape index (κ3) is 3.15. The van der Waals surface area contributed by atoms with Crippen molar-refractivity contribution in [2.75, 3.05) is 33.4 Å². The third-order valence-corrected chi connectivity index (χ3v) is 5.70. The molecule has 5 heteroatoms. The first-order chi connectivity index (χ1) is 11.7. The Morgan fingerprint density at radius 3 is 2.67 bits per heavy atom. The normalized spacial score (nSPS) is 27.9. The summed E-state index contributed by atoms with van der Waals surface area (Å²) in [4.78, 5) is 16.8. The van der Waals surface area contributed by atoms with Crippen LogP contribution < -0.4 is 4.74 Å². The zero-order chi connectivity index (χ0) is 16.5. The lowest BCUT2D eigenvalue weighted by molar-refractivity contribution is -0.154. The van der Waals surface area contributed by atoms with E-state index in [9.17, 15) is 4.79 Å². The predicted octanol–water partition coefficient (Wildman–Crippen LogP) is 1.91. The van der Waals surface area contributed by atoms with Gasteiger partial charge in [0.1, 0.15) is 12.4 Å². The summed E-state index contributed by atoms with van der Waals surface area (Å²) in [5.74, 6) is 1.77. The number of carbonyl (C=O) groups excluding carboxylic acids is 1. The van der Waals surface area contributed by atoms with Crippen molar-refractivity contribution < 1.29 is 14.3 Å². The number of nitrogens with zero attached hydrogens (tertiary/aromatic N) is 2. The molecule has 0 aromatic heterocycles. The summed E-state index contributed by atoms with van der Waals surface area (Å²) in [5.41, 5.74) is 1.27. The molecule has 1 aliphatic carbocycles. The number of ether oxygens (including phenoxy) is 2. The van der Waals surface area contributed by atoms with Crippen LogP contribution in [0.4, 0.5) is 0 Å². The summed E-state index contributed by atoms with van der Waals surface area (Å²) in [5, 5.41) is 0. The quantitative estimate of drug-likeness (QED) is 0.827. The van der Waals surface area contributed by atoms with Crippen LogP contribution in [0.5, 0.6) is 5.75 Å². The number of hydrogen-bond donors (Lipinski definition) is 0. The maximum Gasteiger partial charge on any atom is 0.248 e. The van der Waals surface area contributed by atoms with Gasteiger partial charge >= 0.3 is 0 Å². The SMILES string of the molecule is COc1ccc(CN2CC3OCC(=O)N(CC4CCC4)C3C2)cc1. The molecule has 0 N–H and O–H groups in total. The van der Waals surface area contributed by atoms with Crippen LogP contribution in [0.15, 0.2) is 24.3 Å². The van der Waals surface area contributed by atoms with Gasteiger partial charge < -0.3 is 14.4 Å². The van der Waals surface area contributed by atoms with E-state index >= 15 is 0 Å². The summed E-state index contributed by atoms with van der Waals surface area (Å²) in [7, 11) is 1.69. The number of amides is 1. The summed E-state index contributed by atoms with van der Waals surface area (Å²) >= 11 is 0. The number of fused-ring (bicyclic) bond motifs is 1. The highest BCUT2D eigenvalue weighted by Gasteiger charge is 2.43. The third-order valence-electron chi connectivity index (χ3n) is 5.70. The molecule has 4 rings (SSSR count). The molecular formula is C19H26N2O3. The van der Waals surface area contributed by atoms with E-state index in [0.29, 0.717) is 5.92 Å². The monoisotopic (exact) mass is 330 g/mol. The Labute approximate surface area is 143 Å². The molecule has 3 fully saturated rings. The highest BCUT2D eigenvalue weighted by Crippen LogP contribution is 2.31. The van der Waals surface area contributed by atoms with Crippen LogP contribution in [0.25, 0.3) is 0 Å². The minimum atomic E-state index is 0.168. The number of benzene rings is 1. The van der Waals surface area contributed by atoms with Crippen LogP contribution >= 0.6 is 0 Å². The molecule has 1 amide bonds. The number of rotatable bonds is 5. The first kappa shape index (κ1) is 15.9. The molecule has 3 aliphatic rings. The molecule has 1 aromatic carbocycles. The van der Waals surface area contributed by atoms with Gasteiger partial charge in [-0.1, -0.05) is 18.6 Å². The van der Waals surface area contributed by atoms with Crippen LogP contribution in [-0.4, -0.2) is 61.2 Å². The molecule has 2 heterocycles. The van der Waals surface area contributed by atoms with Gasteiger partial charge in [0.2, 0.25) is 5.91 Å². The Balaban J connectivity index is 1.40. The van der Waals surface area contributed by atoms with Crippen LogP contribution in [0.3, 0.4) is 0 Å². The van der Waals surface area contributed by atoms with Crippen molar-refractivity contribution in [2.45, 2.75) is 38.0 Å². The van der Waals surface area contributed by atoms with Crippen molar-refractivity contribution in [3.63, 3.8) is 0 Å². The van der Waals surface area contributed by atoms with E-state index in [1.165, 1.54) is 24.8 Å². The minimum Gasteiger partial charge on any atom is -0.497 e. The van der Waals surface area contributed by atoms with E-state index in [4.69, 9.17) is 9.47 Å². The fourth-order valence-electron chi connectivity index (χ4n) is 4.05. The van der Waals surface area contributed by atoms with E-state index < -0.39 is 0 Å². The molecular weight excluding hydrogens is 304 g/mol. The Morgan fingerprint density at radius 2 is 2.00 bits per heavy atom. The standard InChI is InChI=1S/C19H26N2O3/c1-23-16-7-5-15(6-8-16)9-20-11-17-18(12-20)24-13-19(22)21(17)10-14-3-2-4-14/h5-8,14,17-18H,2-4,9-13H2,1H3. The van der Waals surface area contributed by atoms with Gasteiger partial charge in [-0.3, -0.25) is 9.69 Å². The number of carbonyl (C=O) groups is 1. The Bertz CT molecular complexity index is 585. The van der Waals surface area contributed by atoms with Gasteiger partial charge in [0.25, 0.3) is 0 Å². The van der Waals surface area contributed by atoms with E-state index in [1.807, 2.05) is 12.1 Å². The van der Waals surface area contributed by atoms with Crippen LogP contribution in [-0.2, 0) is 16.1 Å². The van der Waals surface area contributed by atoms with E-state index in [0.717, 1.165) is 31.9 Å². The fraction of sp³-hybridized carbons (Fsp3) is 0.632. The van der Waals surface area contributed by atoms with Gasteiger partial charge in [0.05, 0.1) is 19.3 Å². The Morgan fingerprint density at radius 1 is 1.21 bits per heavy atom. The molecule has 2 atom stereocenters. The fourth-order valence-corrected chi connectivity index (χ4v) is 4.05. The lowest BCUT2D eigenvalue weighted by Gasteiger charge is -2.40. The van der Waals surface area contributed by atoms with Crippen LogP contribution in [0.2, 0.25) is 0 Å². The van der Waals surface area contributed by atoms with Gasteiger partial charge in [-0.25, -0.2) is 0 Å². The Hall–Kier alpha value is -1.59. The maximum absolute atomic E-state index is 12.3. The van der Waals surface area contributed by atoms with Gasteiger partial charge in [-0.05, 0) is 36.5 Å². The number of likely N-dealkylation sites (tertiary alicyclic amines) is 1. The molecule has 2 saturated heterocycles. The first-order valence-corrected chi connectivity index (χ1v) is 8.99. The van der Waals surface area contributed by atoms with Crippen LogP contribution in [0, 0.1) is 5.92 Å². The average molecular weight is 330 g/mol. The van der Waals surface area contributed by atoms with Gasteiger partial charge in [-0.15, -0.1) is 0 Å². The molecule has 24 heavy (non-hydrogen) atoms. The topological polar surface area (TPSA) is 42.0 Å². The van der Waals surface area contributed by atoms with E-state index in [-0.39, 0.29) is 24.7 Å². The van der Waals surface area contributed by atoms with Crippen molar-refractivity contribution in [1.82, 2.24) is 9.80 Å². The highest BCUT2D eigenvalue weighted by atomic mass is 16.5. The van der Waals surface area contributed by atoms with Gasteiger partial charge in [0.15, 0.2) is 0 Å². The summed E-state index contributed by atoms with van der Waals surface area (Å²) in [6.07, 6.45) is 4.04. The molecule has 0 bridgehead atoms. The largest absolute Gasteiger partial charge is 0.497 e. The lowest BCUT2D eigenvalue weighted by Crippen LogP contribution is -2.55. The molecule has 2 aliphatic heterocycles. The van der Waals surface area contributed by atoms with E-state index in [1.54, 1.807) is 7.11 Å². The molecule has 0 radical (unpaired) electrons. The van der Waals surface area contributed by atoms with Crippen molar-refractivity contribution in [2.24, 2.45) is 5.92 Å². The highest BCUT2D eigenvalue weighted by molar-refractivity contribution is 5.78. The summed E-state index contributed by atoms with van der Waals surface area (Å²) < 4.78 is 11.0. The first-order valence-electron chi connectivity index (χ1n) is 8.99. The molecule has 130 valence electrons. The zero-order valence-corrected chi connectivity index (χ0v) is 14.3. The van der Waals surface area contributed by atoms with Crippen molar-refractivity contribution >= 4 is 5.91 Å². The van der Waals surface area contributed by atoms with E-state index in [2.05, 4.69) is 21.9 Å². The van der Waals surface area contributed by atoms with Gasteiger partial charge in [-0.2, -0.15) is 0 Å². The number of hydrogen-bond acceptors (Lipinski definition) is 4. The average Bonchev–Trinajstić information content (AvgIpc) is 2.96. The minimum absolute atomic E-state index is 0.168. The van der Waals surface area contributed by atoms with Gasteiger partial charge in [0, 0.05) is 26.2 Å². The van der Waals surface area contributed by atoms with Crippen molar-refractivity contribution in [1.29, 1.82) is 0 Å². The summed E-state index contributed by atoms with van der Waals surface area (Å²) in [6, 6.07) is 8.45. The predicted molar refractivity (Wildman–Crippen MR) is 90.9 cm³/mol. The lowest BCUT2D eigenvalue weighted by atomic mass is 9.84. The molecule has 1 aromatic rings. The molecule has 0 spiro atoms. The maximum atomic E-state index is 12.3. The second kappa shape index (κ2) is 6.73. The van der Waals surface area contributed by atoms with Crippen molar-refractivity contribution in [3.8, 4) is 5.75 Å².